The summed E-state index contributed by atoms with van der Waals surface area (Å²) in [5, 5.41) is 17.2. The molecule has 0 radical (unpaired) electrons. The third kappa shape index (κ3) is 5.46. The van der Waals surface area contributed by atoms with Gasteiger partial charge < -0.3 is 4.74 Å². The van der Waals surface area contributed by atoms with Gasteiger partial charge in [-0.1, -0.05) is 85.8 Å². The highest BCUT2D eigenvalue weighted by molar-refractivity contribution is 5.87. The molecule has 0 saturated carbocycles. The maximum atomic E-state index is 11.8. The number of benzene rings is 2. The average molecular weight is 457 g/mol. The van der Waals surface area contributed by atoms with Crippen LogP contribution in [0.25, 0.3) is 17.5 Å². The predicted molar refractivity (Wildman–Crippen MR) is 130 cm³/mol. The molecule has 0 spiro atoms. The van der Waals surface area contributed by atoms with Crippen molar-refractivity contribution in [2.75, 3.05) is 7.11 Å². The molecule has 0 amide bonds. The molecule has 0 saturated heterocycles. The van der Waals surface area contributed by atoms with E-state index in [9.17, 15) is 4.79 Å². The molecule has 174 valence electrons. The van der Waals surface area contributed by atoms with Gasteiger partial charge in [-0.2, -0.15) is 0 Å². The quantitative estimate of drug-likeness (QED) is 0.307. The number of carbonyl (C=O) groups excluding carboxylic acids is 1. The van der Waals surface area contributed by atoms with E-state index in [0.717, 1.165) is 11.1 Å². The topological polar surface area (TPSA) is 87.7 Å². The third-order valence-corrected chi connectivity index (χ3v) is 5.47. The molecule has 4 rings (SSSR count). The largest absolute Gasteiger partial charge is 0.466 e. The average Bonchev–Trinajstić information content (AvgIpc) is 3.44. The summed E-state index contributed by atoms with van der Waals surface area (Å²) < 4.78 is 8.26. The zero-order valence-corrected chi connectivity index (χ0v) is 19.8. The Morgan fingerprint density at radius 2 is 1.65 bits per heavy atom. The lowest BCUT2D eigenvalue weighted by atomic mass is 9.87. The SMILES string of the molecule is COC(=O)/C=C/c1c(-c2cn(Cc3ccccc3)nn2)nnn1Cc1ccc(C(C)(C)C)cc1. The van der Waals surface area contributed by atoms with Crippen LogP contribution in [0.3, 0.4) is 0 Å². The molecule has 2 aromatic heterocycles. The van der Waals surface area contributed by atoms with Crippen LogP contribution < -0.4 is 0 Å². The molecule has 0 unspecified atom stereocenters. The van der Waals surface area contributed by atoms with Gasteiger partial charge in [-0.15, -0.1) is 10.2 Å². The Balaban J connectivity index is 1.63. The fourth-order valence-corrected chi connectivity index (χ4v) is 3.54. The second-order valence-corrected chi connectivity index (χ2v) is 9.07. The molecule has 4 aromatic rings. The summed E-state index contributed by atoms with van der Waals surface area (Å²) in [5.74, 6) is -0.457. The minimum absolute atomic E-state index is 0.0823. The first kappa shape index (κ1) is 23.1. The Morgan fingerprint density at radius 3 is 2.32 bits per heavy atom. The van der Waals surface area contributed by atoms with E-state index in [2.05, 4.69) is 65.7 Å². The van der Waals surface area contributed by atoms with Crippen molar-refractivity contribution in [1.82, 2.24) is 30.0 Å². The smallest absolute Gasteiger partial charge is 0.330 e. The monoisotopic (exact) mass is 456 g/mol. The van der Waals surface area contributed by atoms with Gasteiger partial charge in [0.2, 0.25) is 0 Å². The van der Waals surface area contributed by atoms with Crippen molar-refractivity contribution in [3.8, 4) is 11.4 Å². The summed E-state index contributed by atoms with van der Waals surface area (Å²) >= 11 is 0. The van der Waals surface area contributed by atoms with E-state index in [1.54, 1.807) is 15.4 Å². The number of hydrogen-bond donors (Lipinski definition) is 0. The van der Waals surface area contributed by atoms with Crippen LogP contribution in [-0.4, -0.2) is 43.1 Å². The van der Waals surface area contributed by atoms with Gasteiger partial charge in [0.25, 0.3) is 0 Å². The van der Waals surface area contributed by atoms with Gasteiger partial charge >= 0.3 is 5.97 Å². The van der Waals surface area contributed by atoms with Crippen LogP contribution in [0.2, 0.25) is 0 Å². The summed E-state index contributed by atoms with van der Waals surface area (Å²) in [6.07, 6.45) is 4.84. The van der Waals surface area contributed by atoms with Crippen molar-refractivity contribution < 1.29 is 9.53 Å². The molecule has 2 heterocycles. The molecular weight excluding hydrogens is 428 g/mol. The van der Waals surface area contributed by atoms with E-state index in [1.807, 2.05) is 36.5 Å². The summed E-state index contributed by atoms with van der Waals surface area (Å²) in [7, 11) is 1.34. The van der Waals surface area contributed by atoms with Gasteiger partial charge in [0.1, 0.15) is 11.4 Å². The maximum Gasteiger partial charge on any atom is 0.330 e. The fraction of sp³-hybridized carbons (Fsp3) is 0.269. The van der Waals surface area contributed by atoms with Gasteiger partial charge in [-0.25, -0.2) is 14.2 Å². The Morgan fingerprint density at radius 1 is 0.941 bits per heavy atom. The summed E-state index contributed by atoms with van der Waals surface area (Å²) in [4.78, 5) is 11.8. The minimum Gasteiger partial charge on any atom is -0.466 e. The van der Waals surface area contributed by atoms with E-state index >= 15 is 0 Å². The van der Waals surface area contributed by atoms with Gasteiger partial charge in [-0.3, -0.25) is 0 Å². The lowest BCUT2D eigenvalue weighted by molar-refractivity contribution is -0.134. The van der Waals surface area contributed by atoms with Gasteiger partial charge in [-0.05, 0) is 28.2 Å². The zero-order valence-electron chi connectivity index (χ0n) is 19.8. The molecular formula is C26H28N6O2. The number of nitrogens with zero attached hydrogens (tertiary/aromatic N) is 6. The molecule has 0 fully saturated rings. The number of esters is 1. The lowest BCUT2D eigenvalue weighted by Crippen LogP contribution is -2.11. The van der Waals surface area contributed by atoms with Crippen molar-refractivity contribution in [2.24, 2.45) is 0 Å². The Hall–Kier alpha value is -4.07. The van der Waals surface area contributed by atoms with Crippen molar-refractivity contribution in [3.05, 3.63) is 89.3 Å². The molecule has 2 aromatic carbocycles. The van der Waals surface area contributed by atoms with Gasteiger partial charge in [0.05, 0.1) is 32.1 Å². The highest BCUT2D eigenvalue weighted by Crippen LogP contribution is 2.24. The third-order valence-electron chi connectivity index (χ3n) is 5.47. The Kier molecular flexibility index (Phi) is 6.67. The van der Waals surface area contributed by atoms with Crippen molar-refractivity contribution in [3.63, 3.8) is 0 Å². The fourth-order valence-electron chi connectivity index (χ4n) is 3.54. The van der Waals surface area contributed by atoms with E-state index in [1.165, 1.54) is 18.7 Å². The predicted octanol–water partition coefficient (Wildman–Crippen LogP) is 4.12. The first-order valence-corrected chi connectivity index (χ1v) is 11.1. The standard InChI is InChI=1S/C26H28N6O2/c1-26(2,3)21-12-10-20(11-13-21)17-32-23(14-15-24(33)34-4)25(28-30-32)22-18-31(29-27-22)16-19-8-6-5-7-9-19/h5-15,18H,16-17H2,1-4H3/b15-14+. The first-order valence-electron chi connectivity index (χ1n) is 11.1. The highest BCUT2D eigenvalue weighted by Gasteiger charge is 2.18. The van der Waals surface area contributed by atoms with E-state index in [4.69, 9.17) is 4.74 Å². The lowest BCUT2D eigenvalue weighted by Gasteiger charge is -2.19. The normalized spacial score (nSPS) is 11.8. The Bertz CT molecular complexity index is 1280. The molecule has 0 bridgehead atoms. The number of carbonyl (C=O) groups is 1. The number of aromatic nitrogens is 6. The molecule has 0 N–H and O–H groups in total. The van der Waals surface area contributed by atoms with E-state index < -0.39 is 5.97 Å². The second-order valence-electron chi connectivity index (χ2n) is 9.07. The van der Waals surface area contributed by atoms with Crippen LogP contribution in [0.15, 0.2) is 66.9 Å². The molecule has 8 heteroatoms. The number of hydrogen-bond acceptors (Lipinski definition) is 6. The second kappa shape index (κ2) is 9.82. The number of methoxy groups -OCH3 is 1. The van der Waals surface area contributed by atoms with Crippen molar-refractivity contribution in [1.29, 1.82) is 0 Å². The first-order chi connectivity index (χ1) is 16.3. The van der Waals surface area contributed by atoms with Crippen LogP contribution >= 0.6 is 0 Å². The summed E-state index contributed by atoms with van der Waals surface area (Å²) in [6.45, 7) is 7.65. The van der Waals surface area contributed by atoms with Crippen LogP contribution in [0.4, 0.5) is 0 Å². The van der Waals surface area contributed by atoms with Crippen molar-refractivity contribution in [2.45, 2.75) is 39.3 Å². The summed E-state index contributed by atoms with van der Waals surface area (Å²) in [6, 6.07) is 18.5. The van der Waals surface area contributed by atoms with Gasteiger partial charge in [0.15, 0.2) is 0 Å². The zero-order chi connectivity index (χ0) is 24.1. The molecule has 34 heavy (non-hydrogen) atoms. The van der Waals surface area contributed by atoms with Crippen LogP contribution in [-0.2, 0) is 28.0 Å². The minimum atomic E-state index is -0.457. The van der Waals surface area contributed by atoms with Crippen LogP contribution in [0.1, 0.15) is 43.2 Å². The molecule has 0 aliphatic rings. The van der Waals surface area contributed by atoms with E-state index in [0.29, 0.717) is 30.2 Å². The van der Waals surface area contributed by atoms with Crippen molar-refractivity contribution >= 4 is 12.0 Å². The van der Waals surface area contributed by atoms with Crippen LogP contribution in [0.5, 0.6) is 0 Å². The molecule has 0 aliphatic carbocycles. The Labute approximate surface area is 198 Å². The van der Waals surface area contributed by atoms with Gasteiger partial charge in [0, 0.05) is 6.08 Å². The number of ether oxygens (including phenoxy) is 1. The number of rotatable bonds is 7. The van der Waals surface area contributed by atoms with Crippen LogP contribution in [0, 0.1) is 0 Å². The molecule has 0 atom stereocenters. The maximum absolute atomic E-state index is 11.8. The molecule has 0 aliphatic heterocycles. The molecule has 8 nitrogen and oxygen atoms in total. The van der Waals surface area contributed by atoms with E-state index in [-0.39, 0.29) is 5.41 Å². The summed E-state index contributed by atoms with van der Waals surface area (Å²) in [5.41, 5.74) is 5.31. The highest BCUT2D eigenvalue weighted by atomic mass is 16.5.